The summed E-state index contributed by atoms with van der Waals surface area (Å²) in [5, 5.41) is 1.14. The van der Waals surface area contributed by atoms with Gasteiger partial charge in [-0.3, -0.25) is 4.79 Å². The van der Waals surface area contributed by atoms with Gasteiger partial charge in [0.15, 0.2) is 0 Å². The summed E-state index contributed by atoms with van der Waals surface area (Å²) in [6.07, 6.45) is 2.58. The van der Waals surface area contributed by atoms with Gasteiger partial charge < -0.3 is 9.47 Å². The van der Waals surface area contributed by atoms with E-state index in [1.165, 1.54) is 0 Å². The van der Waals surface area contributed by atoms with Crippen molar-refractivity contribution >= 4 is 54.4 Å². The van der Waals surface area contributed by atoms with Crippen molar-refractivity contribution in [2.75, 3.05) is 11.9 Å². The number of hydrogen-bond acceptors (Lipinski definition) is 1. The third kappa shape index (κ3) is 1.56. The monoisotopic (exact) mass is 356 g/mol. The predicted molar refractivity (Wildman–Crippen MR) is 75.4 cm³/mol. The molecule has 1 aliphatic heterocycles. The highest BCUT2D eigenvalue weighted by Gasteiger charge is 2.23. The van der Waals surface area contributed by atoms with E-state index < -0.39 is 0 Å². The number of aryl methyl sites for hydroxylation is 1. The van der Waals surface area contributed by atoms with Gasteiger partial charge in [0.05, 0.1) is 11.2 Å². The first-order valence-corrected chi connectivity index (χ1v) is 6.91. The number of rotatable bonds is 0. The molecule has 1 amide bonds. The number of carbonyl (C=O) groups excluding carboxylic acids is 1. The van der Waals surface area contributed by atoms with Crippen molar-refractivity contribution in [2.24, 2.45) is 0 Å². The van der Waals surface area contributed by atoms with Crippen molar-refractivity contribution < 1.29 is 4.79 Å². The third-order valence-corrected chi connectivity index (χ3v) is 4.46. The van der Waals surface area contributed by atoms with Crippen LogP contribution in [0.15, 0.2) is 27.3 Å². The third-order valence-electron chi connectivity index (χ3n) is 3.19. The molecule has 0 aliphatic carbocycles. The number of aromatic nitrogens is 1. The molecule has 0 fully saturated rings. The summed E-state index contributed by atoms with van der Waals surface area (Å²) in [7, 11) is 1.83. The average molecular weight is 358 g/mol. The number of hydrogen-bond donors (Lipinski definition) is 0. The highest BCUT2D eigenvalue weighted by molar-refractivity contribution is 9.11. The SMILES string of the molecule is CN1C(=O)CCn2cc(Br)c3ccc(Br)c1c32. The molecule has 0 unspecified atom stereocenters. The second kappa shape index (κ2) is 3.85. The Kier molecular flexibility index (Phi) is 2.56. The van der Waals surface area contributed by atoms with E-state index in [2.05, 4.69) is 42.5 Å². The summed E-state index contributed by atoms with van der Waals surface area (Å²) < 4.78 is 4.17. The Morgan fingerprint density at radius 2 is 2.00 bits per heavy atom. The van der Waals surface area contributed by atoms with E-state index in [0.29, 0.717) is 6.42 Å². The predicted octanol–water partition coefficient (Wildman–Crippen LogP) is 3.53. The van der Waals surface area contributed by atoms with Crippen molar-refractivity contribution in [3.8, 4) is 0 Å². The van der Waals surface area contributed by atoms with E-state index in [0.717, 1.165) is 32.1 Å². The zero-order valence-corrected chi connectivity index (χ0v) is 12.4. The van der Waals surface area contributed by atoms with Gasteiger partial charge in [0, 0.05) is 40.5 Å². The van der Waals surface area contributed by atoms with Gasteiger partial charge in [-0.1, -0.05) is 6.07 Å². The van der Waals surface area contributed by atoms with E-state index in [4.69, 9.17) is 0 Å². The van der Waals surface area contributed by atoms with E-state index in [-0.39, 0.29) is 5.91 Å². The topological polar surface area (TPSA) is 25.2 Å². The van der Waals surface area contributed by atoms with Gasteiger partial charge in [0.2, 0.25) is 5.91 Å². The van der Waals surface area contributed by atoms with E-state index in [9.17, 15) is 4.79 Å². The molecule has 0 atom stereocenters. The van der Waals surface area contributed by atoms with Gasteiger partial charge in [-0.05, 0) is 37.9 Å². The van der Waals surface area contributed by atoms with Crippen LogP contribution in [0.4, 0.5) is 5.69 Å². The second-order valence-corrected chi connectivity index (χ2v) is 5.87. The molecule has 0 saturated heterocycles. The molecule has 3 nitrogen and oxygen atoms in total. The Morgan fingerprint density at radius 3 is 2.76 bits per heavy atom. The molecule has 0 saturated carbocycles. The minimum atomic E-state index is 0.151. The largest absolute Gasteiger partial charge is 0.344 e. The van der Waals surface area contributed by atoms with Crippen molar-refractivity contribution in [1.82, 2.24) is 4.57 Å². The number of benzene rings is 1. The molecular weight excluding hydrogens is 348 g/mol. The fourth-order valence-corrected chi connectivity index (χ4v) is 3.47. The number of carbonyl (C=O) groups is 1. The average Bonchev–Trinajstić information content (AvgIpc) is 2.56. The lowest BCUT2D eigenvalue weighted by molar-refractivity contribution is -0.118. The Hall–Kier alpha value is -0.810. The first-order chi connectivity index (χ1) is 8.09. The summed E-state index contributed by atoms with van der Waals surface area (Å²) in [5.41, 5.74) is 2.07. The van der Waals surface area contributed by atoms with Crippen LogP contribution in [0.3, 0.4) is 0 Å². The zero-order valence-electron chi connectivity index (χ0n) is 9.20. The fourth-order valence-electron chi connectivity index (χ4n) is 2.31. The lowest BCUT2D eigenvalue weighted by Gasteiger charge is -2.17. The summed E-state index contributed by atoms with van der Waals surface area (Å²) in [4.78, 5) is 13.7. The maximum absolute atomic E-state index is 11.9. The smallest absolute Gasteiger partial charge is 0.228 e. The van der Waals surface area contributed by atoms with Crippen molar-refractivity contribution in [3.63, 3.8) is 0 Å². The van der Waals surface area contributed by atoms with Crippen LogP contribution in [0.1, 0.15) is 6.42 Å². The van der Waals surface area contributed by atoms with Crippen molar-refractivity contribution in [2.45, 2.75) is 13.0 Å². The molecule has 2 aromatic rings. The first-order valence-electron chi connectivity index (χ1n) is 5.33. The highest BCUT2D eigenvalue weighted by Crippen LogP contribution is 2.39. The van der Waals surface area contributed by atoms with Crippen LogP contribution in [0.5, 0.6) is 0 Å². The Bertz CT molecular complexity index is 633. The molecule has 0 radical (unpaired) electrons. The molecule has 5 heteroatoms. The molecule has 1 aromatic carbocycles. The maximum atomic E-state index is 11.9. The van der Waals surface area contributed by atoms with E-state index >= 15 is 0 Å². The van der Waals surface area contributed by atoms with Gasteiger partial charge >= 0.3 is 0 Å². The minimum Gasteiger partial charge on any atom is -0.344 e. The van der Waals surface area contributed by atoms with Crippen LogP contribution in [-0.4, -0.2) is 17.5 Å². The molecule has 0 bridgehead atoms. The van der Waals surface area contributed by atoms with Gasteiger partial charge in [-0.2, -0.15) is 0 Å². The van der Waals surface area contributed by atoms with Gasteiger partial charge in [0.25, 0.3) is 0 Å². The molecular formula is C12H10Br2N2O. The minimum absolute atomic E-state index is 0.151. The lowest BCUT2D eigenvalue weighted by Crippen LogP contribution is -2.25. The number of amides is 1. The Balaban J connectivity index is 2.46. The Morgan fingerprint density at radius 1 is 1.24 bits per heavy atom. The lowest BCUT2D eigenvalue weighted by atomic mass is 10.2. The number of nitrogens with zero attached hydrogens (tertiary/aromatic N) is 2. The normalized spacial score (nSPS) is 15.5. The fraction of sp³-hybridized carbons (Fsp3) is 0.250. The van der Waals surface area contributed by atoms with Crippen LogP contribution >= 0.6 is 31.9 Å². The van der Waals surface area contributed by atoms with Crippen LogP contribution < -0.4 is 4.90 Å². The maximum Gasteiger partial charge on any atom is 0.228 e. The standard InChI is InChI=1S/C12H10Br2N2O/c1-15-10(17)4-5-16-6-9(14)7-2-3-8(13)12(15)11(7)16/h2-3,6H,4-5H2,1H3. The molecule has 88 valence electrons. The molecule has 0 spiro atoms. The molecule has 17 heavy (non-hydrogen) atoms. The van der Waals surface area contributed by atoms with Gasteiger partial charge in [0.1, 0.15) is 0 Å². The second-order valence-electron chi connectivity index (χ2n) is 4.17. The molecule has 3 rings (SSSR count). The van der Waals surface area contributed by atoms with E-state index in [1.54, 1.807) is 4.90 Å². The van der Waals surface area contributed by atoms with Crippen LogP contribution in [-0.2, 0) is 11.3 Å². The summed E-state index contributed by atoms with van der Waals surface area (Å²) in [6, 6.07) is 4.05. The molecule has 2 heterocycles. The summed E-state index contributed by atoms with van der Waals surface area (Å²) in [6.45, 7) is 0.731. The molecule has 1 aromatic heterocycles. The summed E-state index contributed by atoms with van der Waals surface area (Å²) in [5.74, 6) is 0.151. The van der Waals surface area contributed by atoms with E-state index in [1.807, 2.05) is 19.3 Å². The highest BCUT2D eigenvalue weighted by atomic mass is 79.9. The quantitative estimate of drug-likeness (QED) is 0.708. The van der Waals surface area contributed by atoms with Gasteiger partial charge in [-0.25, -0.2) is 0 Å². The van der Waals surface area contributed by atoms with Crippen molar-refractivity contribution in [1.29, 1.82) is 0 Å². The summed E-state index contributed by atoms with van der Waals surface area (Å²) >= 11 is 7.10. The van der Waals surface area contributed by atoms with Gasteiger partial charge in [-0.15, -0.1) is 0 Å². The zero-order chi connectivity index (χ0) is 12.2. The molecule has 0 N–H and O–H groups in total. The van der Waals surface area contributed by atoms with Crippen LogP contribution in [0, 0.1) is 0 Å². The van der Waals surface area contributed by atoms with Crippen molar-refractivity contribution in [3.05, 3.63) is 27.3 Å². The Labute approximate surface area is 116 Å². The first kappa shape index (κ1) is 11.3. The number of anilines is 1. The molecule has 1 aliphatic rings. The van der Waals surface area contributed by atoms with Crippen LogP contribution in [0.2, 0.25) is 0 Å². The van der Waals surface area contributed by atoms with Crippen LogP contribution in [0.25, 0.3) is 10.9 Å². The number of halogens is 2.